The Morgan fingerprint density at radius 2 is 1.81 bits per heavy atom. The average Bonchev–Trinajstić information content (AvgIpc) is 2.98. The van der Waals surface area contributed by atoms with Gasteiger partial charge < -0.3 is 9.73 Å². The molecule has 0 aliphatic rings. The van der Waals surface area contributed by atoms with E-state index in [0.717, 1.165) is 11.3 Å². The van der Waals surface area contributed by atoms with Crippen LogP contribution in [0.25, 0.3) is 16.8 Å². The fourth-order valence-electron chi connectivity index (χ4n) is 2.94. The molecule has 4 aromatic rings. The molecular formula is C21H17N3O3. The summed E-state index contributed by atoms with van der Waals surface area (Å²) in [5.41, 5.74) is 2.73. The summed E-state index contributed by atoms with van der Waals surface area (Å²) in [7, 11) is 0. The van der Waals surface area contributed by atoms with Crippen LogP contribution in [0.3, 0.4) is 0 Å². The number of aromatic nitrogens is 2. The Bertz CT molecular complexity index is 1210. The molecule has 2 aromatic heterocycles. The number of fused-ring (bicyclic) bond motifs is 1. The molecule has 1 N–H and O–H groups in total. The lowest BCUT2D eigenvalue weighted by Gasteiger charge is -2.06. The number of carbonyl (C=O) groups excluding carboxylic acids is 1. The number of aryl methyl sites for hydroxylation is 2. The maximum Gasteiger partial charge on any atom is 0.361 e. The van der Waals surface area contributed by atoms with Gasteiger partial charge >= 0.3 is 5.63 Å². The quantitative estimate of drug-likeness (QED) is 0.603. The van der Waals surface area contributed by atoms with Crippen LogP contribution in [-0.4, -0.2) is 15.7 Å². The second kappa shape index (κ2) is 6.57. The predicted octanol–water partition coefficient (Wildman–Crippen LogP) is 3.85. The van der Waals surface area contributed by atoms with Gasteiger partial charge in [-0.25, -0.2) is 4.79 Å². The van der Waals surface area contributed by atoms with Crippen molar-refractivity contribution in [1.82, 2.24) is 9.78 Å². The highest BCUT2D eigenvalue weighted by atomic mass is 16.4. The first-order chi connectivity index (χ1) is 13.0. The summed E-state index contributed by atoms with van der Waals surface area (Å²) in [6.07, 6.45) is 0. The molecule has 0 saturated carbocycles. The molecule has 27 heavy (non-hydrogen) atoms. The molecule has 0 bridgehead atoms. The van der Waals surface area contributed by atoms with Gasteiger partial charge in [0.1, 0.15) is 5.69 Å². The Labute approximate surface area is 155 Å². The number of nitrogens with one attached hydrogen (secondary N) is 1. The topological polar surface area (TPSA) is 77.1 Å². The van der Waals surface area contributed by atoms with Crippen molar-refractivity contribution in [2.24, 2.45) is 0 Å². The summed E-state index contributed by atoms with van der Waals surface area (Å²) in [5.74, 6) is -0.363. The normalized spacial score (nSPS) is 10.9. The minimum atomic E-state index is -0.624. The fraction of sp³-hybridized carbons (Fsp3) is 0.0952. The molecule has 134 valence electrons. The minimum Gasteiger partial charge on any atom is -0.402 e. The van der Waals surface area contributed by atoms with Crippen molar-refractivity contribution < 1.29 is 9.21 Å². The lowest BCUT2D eigenvalue weighted by atomic mass is 10.1. The van der Waals surface area contributed by atoms with Crippen LogP contribution in [0.15, 0.2) is 69.9 Å². The molecule has 1 amide bonds. The molecule has 6 nitrogen and oxygen atoms in total. The van der Waals surface area contributed by atoms with Crippen LogP contribution in [0.1, 0.15) is 21.6 Å². The van der Waals surface area contributed by atoms with Crippen molar-refractivity contribution in [1.29, 1.82) is 0 Å². The standard InChI is InChI=1S/C21H17N3O3/c1-13-7-6-8-15(11-13)19(25)22-18-12-17-14(2)23-24(20(17)27-21(18)26)16-9-4-3-5-10-16/h3-12H,1-2H3,(H,22,25). The smallest absolute Gasteiger partial charge is 0.361 e. The van der Waals surface area contributed by atoms with Crippen LogP contribution in [0.5, 0.6) is 0 Å². The van der Waals surface area contributed by atoms with E-state index in [2.05, 4.69) is 10.4 Å². The average molecular weight is 359 g/mol. The van der Waals surface area contributed by atoms with Crippen molar-refractivity contribution in [2.45, 2.75) is 13.8 Å². The summed E-state index contributed by atoms with van der Waals surface area (Å²) in [5, 5.41) is 7.77. The molecule has 2 aromatic carbocycles. The number of anilines is 1. The highest BCUT2D eigenvalue weighted by molar-refractivity contribution is 6.04. The molecule has 0 aliphatic heterocycles. The van der Waals surface area contributed by atoms with Crippen LogP contribution >= 0.6 is 0 Å². The zero-order chi connectivity index (χ0) is 19.0. The number of para-hydroxylation sites is 1. The molecule has 0 fully saturated rings. The number of amides is 1. The van der Waals surface area contributed by atoms with E-state index in [1.807, 2.05) is 50.2 Å². The van der Waals surface area contributed by atoms with Gasteiger partial charge in [0.25, 0.3) is 5.91 Å². The maximum atomic E-state index is 12.5. The second-order valence-corrected chi connectivity index (χ2v) is 6.32. The monoisotopic (exact) mass is 359 g/mol. The Morgan fingerprint density at radius 1 is 1.04 bits per heavy atom. The summed E-state index contributed by atoms with van der Waals surface area (Å²) >= 11 is 0. The molecule has 4 rings (SSSR count). The van der Waals surface area contributed by atoms with Crippen molar-refractivity contribution in [3.05, 3.63) is 87.9 Å². The number of hydrogen-bond donors (Lipinski definition) is 1. The number of benzene rings is 2. The summed E-state index contributed by atoms with van der Waals surface area (Å²) in [6, 6.07) is 18.2. The summed E-state index contributed by atoms with van der Waals surface area (Å²) in [6.45, 7) is 3.73. The zero-order valence-corrected chi connectivity index (χ0v) is 14.9. The molecular weight excluding hydrogens is 342 g/mol. The second-order valence-electron chi connectivity index (χ2n) is 6.32. The van der Waals surface area contributed by atoms with E-state index in [0.29, 0.717) is 22.4 Å². The van der Waals surface area contributed by atoms with Gasteiger partial charge in [0, 0.05) is 5.56 Å². The van der Waals surface area contributed by atoms with E-state index in [9.17, 15) is 9.59 Å². The molecule has 6 heteroatoms. The summed E-state index contributed by atoms with van der Waals surface area (Å²) < 4.78 is 7.07. The Kier molecular flexibility index (Phi) is 4.08. The van der Waals surface area contributed by atoms with Crippen LogP contribution in [0, 0.1) is 13.8 Å². The zero-order valence-electron chi connectivity index (χ0n) is 14.9. The first-order valence-electron chi connectivity index (χ1n) is 8.50. The van der Waals surface area contributed by atoms with E-state index < -0.39 is 5.63 Å². The van der Waals surface area contributed by atoms with E-state index in [4.69, 9.17) is 4.42 Å². The Morgan fingerprint density at radius 3 is 2.56 bits per heavy atom. The van der Waals surface area contributed by atoms with Gasteiger partial charge in [-0.05, 0) is 44.2 Å². The van der Waals surface area contributed by atoms with Gasteiger partial charge in [-0.3, -0.25) is 4.79 Å². The van der Waals surface area contributed by atoms with Crippen molar-refractivity contribution >= 4 is 22.7 Å². The van der Waals surface area contributed by atoms with E-state index in [-0.39, 0.29) is 11.6 Å². The predicted molar refractivity (Wildman–Crippen MR) is 103 cm³/mol. The van der Waals surface area contributed by atoms with Gasteiger partial charge in [-0.1, -0.05) is 35.9 Å². The highest BCUT2D eigenvalue weighted by Crippen LogP contribution is 2.23. The van der Waals surface area contributed by atoms with Crippen molar-refractivity contribution in [3.8, 4) is 5.69 Å². The highest BCUT2D eigenvalue weighted by Gasteiger charge is 2.16. The third kappa shape index (κ3) is 3.13. The SMILES string of the molecule is Cc1cccc(C(=O)Nc2cc3c(C)nn(-c4ccccc4)c3oc2=O)c1. The third-order valence-corrected chi connectivity index (χ3v) is 4.29. The molecule has 0 saturated heterocycles. The Hall–Kier alpha value is -3.67. The van der Waals surface area contributed by atoms with Gasteiger partial charge in [0.05, 0.1) is 16.8 Å². The van der Waals surface area contributed by atoms with Gasteiger partial charge in [-0.15, -0.1) is 0 Å². The van der Waals surface area contributed by atoms with Crippen LogP contribution in [0.2, 0.25) is 0 Å². The first-order valence-corrected chi connectivity index (χ1v) is 8.50. The van der Waals surface area contributed by atoms with Gasteiger partial charge in [-0.2, -0.15) is 9.78 Å². The van der Waals surface area contributed by atoms with Crippen molar-refractivity contribution in [3.63, 3.8) is 0 Å². The van der Waals surface area contributed by atoms with Crippen LogP contribution < -0.4 is 10.9 Å². The number of hydrogen-bond acceptors (Lipinski definition) is 4. The van der Waals surface area contributed by atoms with Crippen LogP contribution in [0.4, 0.5) is 5.69 Å². The van der Waals surface area contributed by atoms with Crippen molar-refractivity contribution in [2.75, 3.05) is 5.32 Å². The Balaban J connectivity index is 1.76. The third-order valence-electron chi connectivity index (χ3n) is 4.29. The summed E-state index contributed by atoms with van der Waals surface area (Å²) in [4.78, 5) is 24.9. The largest absolute Gasteiger partial charge is 0.402 e. The number of rotatable bonds is 3. The number of nitrogens with zero attached hydrogens (tertiary/aromatic N) is 2. The molecule has 0 atom stereocenters. The van der Waals surface area contributed by atoms with Gasteiger partial charge in [0.15, 0.2) is 0 Å². The molecule has 0 aliphatic carbocycles. The molecule has 0 spiro atoms. The van der Waals surface area contributed by atoms with Crippen LogP contribution in [-0.2, 0) is 0 Å². The lowest BCUT2D eigenvalue weighted by molar-refractivity contribution is 0.102. The van der Waals surface area contributed by atoms with E-state index in [1.165, 1.54) is 0 Å². The number of carbonyl (C=O) groups is 1. The maximum absolute atomic E-state index is 12.5. The fourth-order valence-corrected chi connectivity index (χ4v) is 2.94. The molecule has 0 unspecified atom stereocenters. The molecule has 0 radical (unpaired) electrons. The van der Waals surface area contributed by atoms with E-state index in [1.54, 1.807) is 28.9 Å². The lowest BCUT2D eigenvalue weighted by Crippen LogP contribution is -2.18. The minimum absolute atomic E-state index is 0.0877. The molecule has 2 heterocycles. The first kappa shape index (κ1) is 16.8. The van der Waals surface area contributed by atoms with E-state index >= 15 is 0 Å². The van der Waals surface area contributed by atoms with Gasteiger partial charge in [0.2, 0.25) is 5.71 Å².